The largest absolute Gasteiger partial charge is 0.481 e. The van der Waals surface area contributed by atoms with Crippen LogP contribution in [0.25, 0.3) is 0 Å². The molecule has 1 unspecified atom stereocenters. The van der Waals surface area contributed by atoms with Crippen LogP contribution in [0.5, 0.6) is 0 Å². The summed E-state index contributed by atoms with van der Waals surface area (Å²) in [6, 6.07) is 23.7. The SMILES string of the molecule is Cc1ccc(CC(CCCSc2ccc(CNCCC(=O)O)cc2)c2cccc(Cl)c2)cc1C. The Labute approximate surface area is 212 Å². The number of hydrogen-bond acceptors (Lipinski definition) is 3. The standard InChI is InChI=1S/C29H34ClNO2S/c1-21-8-9-24(17-22(21)2)18-25(26-5-3-7-27(30)19-26)6-4-16-34-28-12-10-23(11-13-28)20-31-15-14-29(32)33/h3,5,7-13,17,19,25,31H,4,6,14-16,18,20H2,1-2H3,(H,32,33). The lowest BCUT2D eigenvalue weighted by atomic mass is 9.87. The van der Waals surface area contributed by atoms with Gasteiger partial charge in [0.05, 0.1) is 6.42 Å². The fourth-order valence-electron chi connectivity index (χ4n) is 4.01. The monoisotopic (exact) mass is 495 g/mol. The minimum absolute atomic E-state index is 0.146. The number of carboxylic acids is 1. The highest BCUT2D eigenvalue weighted by Gasteiger charge is 2.14. The first-order valence-electron chi connectivity index (χ1n) is 11.9. The molecule has 0 spiro atoms. The normalized spacial score (nSPS) is 12.0. The molecule has 3 aromatic carbocycles. The zero-order chi connectivity index (χ0) is 24.3. The van der Waals surface area contributed by atoms with Gasteiger partial charge < -0.3 is 10.4 Å². The van der Waals surface area contributed by atoms with Gasteiger partial charge in [0, 0.05) is 23.0 Å². The van der Waals surface area contributed by atoms with Crippen LogP contribution in [0.4, 0.5) is 0 Å². The molecule has 0 amide bonds. The van der Waals surface area contributed by atoms with Crippen LogP contribution in [0.15, 0.2) is 71.6 Å². The van der Waals surface area contributed by atoms with Crippen LogP contribution in [0.3, 0.4) is 0 Å². The molecule has 34 heavy (non-hydrogen) atoms. The first-order valence-corrected chi connectivity index (χ1v) is 13.2. The highest BCUT2D eigenvalue weighted by Crippen LogP contribution is 2.30. The van der Waals surface area contributed by atoms with E-state index in [-0.39, 0.29) is 6.42 Å². The van der Waals surface area contributed by atoms with Crippen LogP contribution in [0.2, 0.25) is 5.02 Å². The summed E-state index contributed by atoms with van der Waals surface area (Å²) in [5.74, 6) is 0.742. The molecule has 3 aromatic rings. The maximum Gasteiger partial charge on any atom is 0.304 e. The van der Waals surface area contributed by atoms with Gasteiger partial charge in [-0.1, -0.05) is 54.1 Å². The predicted octanol–water partition coefficient (Wildman–Crippen LogP) is 7.42. The fourth-order valence-corrected chi connectivity index (χ4v) is 5.09. The number of carbonyl (C=O) groups is 1. The van der Waals surface area contributed by atoms with Crippen molar-refractivity contribution in [3.05, 3.63) is 99.6 Å². The highest BCUT2D eigenvalue weighted by atomic mass is 35.5. The number of thioether (sulfide) groups is 1. The Morgan fingerprint density at radius 3 is 2.47 bits per heavy atom. The van der Waals surface area contributed by atoms with E-state index in [1.807, 2.05) is 17.8 Å². The molecule has 0 aliphatic rings. The third-order valence-electron chi connectivity index (χ3n) is 6.11. The number of carboxylic acid groups (broad SMARTS) is 1. The maximum atomic E-state index is 10.6. The molecule has 0 saturated carbocycles. The van der Waals surface area contributed by atoms with E-state index in [1.165, 1.54) is 32.7 Å². The summed E-state index contributed by atoms with van der Waals surface area (Å²) in [7, 11) is 0. The van der Waals surface area contributed by atoms with E-state index in [0.717, 1.165) is 30.0 Å². The summed E-state index contributed by atoms with van der Waals surface area (Å²) in [5, 5.41) is 12.7. The van der Waals surface area contributed by atoms with E-state index in [0.29, 0.717) is 19.0 Å². The Bertz CT molecular complexity index is 1070. The van der Waals surface area contributed by atoms with E-state index in [9.17, 15) is 4.79 Å². The number of nitrogens with one attached hydrogen (secondary N) is 1. The molecule has 0 saturated heterocycles. The summed E-state index contributed by atoms with van der Waals surface area (Å²) < 4.78 is 0. The minimum Gasteiger partial charge on any atom is -0.481 e. The molecule has 180 valence electrons. The number of hydrogen-bond donors (Lipinski definition) is 2. The van der Waals surface area contributed by atoms with Gasteiger partial charge in [0.25, 0.3) is 0 Å². The fraction of sp³-hybridized carbons (Fsp3) is 0.345. The van der Waals surface area contributed by atoms with Crippen LogP contribution in [-0.4, -0.2) is 23.4 Å². The Balaban J connectivity index is 1.52. The second-order valence-electron chi connectivity index (χ2n) is 8.83. The van der Waals surface area contributed by atoms with Crippen molar-refractivity contribution in [3.63, 3.8) is 0 Å². The van der Waals surface area contributed by atoms with Gasteiger partial charge in [-0.05, 0) is 96.9 Å². The van der Waals surface area contributed by atoms with Gasteiger partial charge in [0.2, 0.25) is 0 Å². The highest BCUT2D eigenvalue weighted by molar-refractivity contribution is 7.99. The maximum absolute atomic E-state index is 10.6. The lowest BCUT2D eigenvalue weighted by Gasteiger charge is -2.19. The first-order chi connectivity index (χ1) is 16.4. The van der Waals surface area contributed by atoms with Crippen molar-refractivity contribution >= 4 is 29.3 Å². The zero-order valence-electron chi connectivity index (χ0n) is 20.0. The number of aryl methyl sites for hydroxylation is 2. The molecular weight excluding hydrogens is 462 g/mol. The Morgan fingerprint density at radius 2 is 1.76 bits per heavy atom. The minimum atomic E-state index is -0.772. The van der Waals surface area contributed by atoms with Gasteiger partial charge in [0.1, 0.15) is 0 Å². The quantitative estimate of drug-likeness (QED) is 0.191. The summed E-state index contributed by atoms with van der Waals surface area (Å²) >= 11 is 8.20. The number of halogens is 1. The zero-order valence-corrected chi connectivity index (χ0v) is 21.6. The van der Waals surface area contributed by atoms with Gasteiger partial charge in [-0.25, -0.2) is 0 Å². The third-order valence-corrected chi connectivity index (χ3v) is 7.44. The average Bonchev–Trinajstić information content (AvgIpc) is 2.82. The Morgan fingerprint density at radius 1 is 1.00 bits per heavy atom. The second-order valence-corrected chi connectivity index (χ2v) is 10.4. The lowest BCUT2D eigenvalue weighted by Crippen LogP contribution is -2.17. The van der Waals surface area contributed by atoms with Crippen molar-refractivity contribution in [2.45, 2.75) is 56.9 Å². The molecule has 3 rings (SSSR count). The molecule has 0 fully saturated rings. The molecule has 0 heterocycles. The molecule has 0 radical (unpaired) electrons. The summed E-state index contributed by atoms with van der Waals surface area (Å²) in [6.45, 7) is 5.52. The average molecular weight is 496 g/mol. The van der Waals surface area contributed by atoms with E-state index in [1.54, 1.807) is 0 Å². The summed E-state index contributed by atoms with van der Waals surface area (Å²) in [4.78, 5) is 11.9. The van der Waals surface area contributed by atoms with Crippen molar-refractivity contribution in [3.8, 4) is 0 Å². The van der Waals surface area contributed by atoms with Gasteiger partial charge in [-0.3, -0.25) is 4.79 Å². The molecule has 0 aromatic heterocycles. The third kappa shape index (κ3) is 8.83. The van der Waals surface area contributed by atoms with Crippen LogP contribution in [0, 0.1) is 13.8 Å². The number of rotatable bonds is 13. The smallest absolute Gasteiger partial charge is 0.304 e. The van der Waals surface area contributed by atoms with Crippen molar-refractivity contribution < 1.29 is 9.90 Å². The van der Waals surface area contributed by atoms with E-state index >= 15 is 0 Å². The number of benzene rings is 3. The van der Waals surface area contributed by atoms with E-state index < -0.39 is 5.97 Å². The van der Waals surface area contributed by atoms with Crippen LogP contribution in [0.1, 0.15) is 53.0 Å². The molecule has 0 bridgehead atoms. The van der Waals surface area contributed by atoms with E-state index in [4.69, 9.17) is 16.7 Å². The lowest BCUT2D eigenvalue weighted by molar-refractivity contribution is -0.136. The van der Waals surface area contributed by atoms with Gasteiger partial charge >= 0.3 is 5.97 Å². The first kappa shape index (κ1) is 26.3. The van der Waals surface area contributed by atoms with Crippen molar-refractivity contribution in [2.24, 2.45) is 0 Å². The van der Waals surface area contributed by atoms with Gasteiger partial charge in [0.15, 0.2) is 0 Å². The second kappa shape index (κ2) is 13.6. The number of aliphatic carboxylic acids is 1. The molecule has 0 aliphatic heterocycles. The molecule has 0 aliphatic carbocycles. The van der Waals surface area contributed by atoms with Crippen molar-refractivity contribution in [2.75, 3.05) is 12.3 Å². The molecular formula is C29H34ClNO2S. The van der Waals surface area contributed by atoms with Gasteiger partial charge in [-0.2, -0.15) is 0 Å². The van der Waals surface area contributed by atoms with Crippen LogP contribution in [-0.2, 0) is 17.8 Å². The Kier molecular flexibility index (Phi) is 10.5. The van der Waals surface area contributed by atoms with E-state index in [2.05, 4.69) is 79.8 Å². The molecule has 2 N–H and O–H groups in total. The predicted molar refractivity (Wildman–Crippen MR) is 144 cm³/mol. The Hall–Kier alpha value is -2.27. The summed E-state index contributed by atoms with van der Waals surface area (Å²) in [5.41, 5.74) is 6.55. The van der Waals surface area contributed by atoms with Gasteiger partial charge in [-0.15, -0.1) is 11.8 Å². The topological polar surface area (TPSA) is 49.3 Å². The van der Waals surface area contributed by atoms with Crippen LogP contribution >= 0.6 is 23.4 Å². The molecule has 1 atom stereocenters. The van der Waals surface area contributed by atoms with Crippen LogP contribution < -0.4 is 5.32 Å². The molecule has 3 nitrogen and oxygen atoms in total. The van der Waals surface area contributed by atoms with Crippen molar-refractivity contribution in [1.82, 2.24) is 5.32 Å². The summed E-state index contributed by atoms with van der Waals surface area (Å²) in [6.07, 6.45) is 3.42. The molecule has 5 heteroatoms. The van der Waals surface area contributed by atoms with Crippen molar-refractivity contribution in [1.29, 1.82) is 0 Å².